The molecule has 0 saturated heterocycles. The average molecular weight is 276 g/mol. The third kappa shape index (κ3) is 4.41. The lowest BCUT2D eigenvalue weighted by molar-refractivity contribution is -0.136. The van der Waals surface area contributed by atoms with Gasteiger partial charge in [-0.25, -0.2) is 4.79 Å². The Morgan fingerprint density at radius 2 is 1.95 bits per heavy atom. The summed E-state index contributed by atoms with van der Waals surface area (Å²) in [6, 6.07) is 6.21. The number of methoxy groups -OCH3 is 1. The zero-order valence-corrected chi connectivity index (χ0v) is 13.2. The van der Waals surface area contributed by atoms with Crippen molar-refractivity contribution in [3.63, 3.8) is 0 Å². The van der Waals surface area contributed by atoms with E-state index in [2.05, 4.69) is 37.6 Å². The molecule has 0 amide bonds. The van der Waals surface area contributed by atoms with E-state index < -0.39 is 0 Å². The molecular formula is C17H24O3. The molecule has 0 N–H and O–H groups in total. The molecule has 0 aliphatic rings. The van der Waals surface area contributed by atoms with Crippen LogP contribution >= 0.6 is 0 Å². The highest BCUT2D eigenvalue weighted by atomic mass is 16.5. The fourth-order valence-corrected chi connectivity index (χ4v) is 1.87. The Bertz CT molecular complexity index is 507. The molecule has 0 saturated carbocycles. The predicted octanol–water partition coefficient (Wildman–Crippen LogP) is 3.79. The predicted molar refractivity (Wildman–Crippen MR) is 81.1 cm³/mol. The van der Waals surface area contributed by atoms with E-state index in [1.165, 1.54) is 7.11 Å². The largest absolute Gasteiger partial charge is 0.489 e. The van der Waals surface area contributed by atoms with Crippen LogP contribution in [-0.4, -0.2) is 19.7 Å². The molecule has 0 aliphatic heterocycles. The van der Waals surface area contributed by atoms with Gasteiger partial charge in [0.25, 0.3) is 0 Å². The molecule has 0 unspecified atom stereocenters. The maximum Gasteiger partial charge on any atom is 0.333 e. The highest BCUT2D eigenvalue weighted by Crippen LogP contribution is 2.32. The van der Waals surface area contributed by atoms with Gasteiger partial charge in [0.05, 0.1) is 7.11 Å². The molecule has 0 aliphatic carbocycles. The summed E-state index contributed by atoms with van der Waals surface area (Å²) in [6.45, 7) is 10.6. The van der Waals surface area contributed by atoms with E-state index in [1.807, 2.05) is 13.0 Å². The minimum atomic E-state index is -0.325. The maximum absolute atomic E-state index is 11.3. The molecule has 0 heterocycles. The maximum atomic E-state index is 11.3. The van der Waals surface area contributed by atoms with Gasteiger partial charge in [0, 0.05) is 5.57 Å². The lowest BCUT2D eigenvalue weighted by Crippen LogP contribution is -2.14. The highest BCUT2D eigenvalue weighted by Gasteiger charge is 2.18. The number of ether oxygens (including phenoxy) is 2. The van der Waals surface area contributed by atoms with Crippen molar-refractivity contribution in [2.75, 3.05) is 13.7 Å². The molecule has 0 radical (unpaired) electrons. The van der Waals surface area contributed by atoms with Crippen LogP contribution in [0.1, 0.15) is 38.8 Å². The van der Waals surface area contributed by atoms with Crippen LogP contribution in [0.15, 0.2) is 29.8 Å². The minimum absolute atomic E-state index is 0.0180. The van der Waals surface area contributed by atoms with Crippen molar-refractivity contribution >= 4 is 5.97 Å². The second kappa shape index (κ2) is 6.60. The van der Waals surface area contributed by atoms with Crippen LogP contribution in [-0.2, 0) is 14.9 Å². The van der Waals surface area contributed by atoms with Crippen molar-refractivity contribution in [3.05, 3.63) is 41.0 Å². The van der Waals surface area contributed by atoms with Crippen LogP contribution in [0.25, 0.3) is 0 Å². The first kappa shape index (κ1) is 16.3. The van der Waals surface area contributed by atoms with E-state index in [0.29, 0.717) is 12.2 Å². The van der Waals surface area contributed by atoms with Gasteiger partial charge in [-0.3, -0.25) is 0 Å². The number of hydrogen-bond donors (Lipinski definition) is 0. The molecular weight excluding hydrogens is 252 g/mol. The number of rotatable bonds is 4. The number of esters is 1. The van der Waals surface area contributed by atoms with Gasteiger partial charge in [0.2, 0.25) is 0 Å². The molecule has 0 spiro atoms. The number of carbonyl (C=O) groups excluding carboxylic acids is 1. The summed E-state index contributed by atoms with van der Waals surface area (Å²) in [4.78, 5) is 11.3. The van der Waals surface area contributed by atoms with Gasteiger partial charge in [0.15, 0.2) is 0 Å². The third-order valence-electron chi connectivity index (χ3n) is 3.08. The second-order valence-corrected chi connectivity index (χ2v) is 5.94. The third-order valence-corrected chi connectivity index (χ3v) is 3.08. The Balaban J connectivity index is 2.88. The van der Waals surface area contributed by atoms with Crippen molar-refractivity contribution in [2.45, 2.75) is 40.0 Å². The molecule has 20 heavy (non-hydrogen) atoms. The standard InChI is InChI=1S/C17H24O3/c1-12-7-8-14(17(3,4)5)15(11-12)20-10-9-13(2)16(18)19-6/h7-9,11H,10H2,1-6H3. The molecule has 0 fully saturated rings. The van der Waals surface area contributed by atoms with Gasteiger partial charge in [-0.1, -0.05) is 32.9 Å². The van der Waals surface area contributed by atoms with E-state index in [9.17, 15) is 4.79 Å². The van der Waals surface area contributed by atoms with E-state index in [-0.39, 0.29) is 11.4 Å². The monoisotopic (exact) mass is 276 g/mol. The molecule has 1 rings (SSSR count). The van der Waals surface area contributed by atoms with E-state index >= 15 is 0 Å². The van der Waals surface area contributed by atoms with Crippen molar-refractivity contribution in [2.24, 2.45) is 0 Å². The zero-order chi connectivity index (χ0) is 15.3. The van der Waals surface area contributed by atoms with Crippen molar-refractivity contribution in [3.8, 4) is 5.75 Å². The highest BCUT2D eigenvalue weighted by molar-refractivity contribution is 5.87. The zero-order valence-electron chi connectivity index (χ0n) is 13.2. The molecule has 1 aromatic rings. The molecule has 1 aromatic carbocycles. The molecule has 110 valence electrons. The molecule has 0 atom stereocenters. The fraction of sp³-hybridized carbons (Fsp3) is 0.471. The van der Waals surface area contributed by atoms with Crippen molar-refractivity contribution in [1.82, 2.24) is 0 Å². The van der Waals surface area contributed by atoms with Crippen molar-refractivity contribution < 1.29 is 14.3 Å². The Morgan fingerprint density at radius 3 is 2.50 bits per heavy atom. The summed E-state index contributed by atoms with van der Waals surface area (Å²) in [5, 5.41) is 0. The van der Waals surface area contributed by atoms with E-state index in [1.54, 1.807) is 13.0 Å². The fourth-order valence-electron chi connectivity index (χ4n) is 1.87. The van der Waals surface area contributed by atoms with Crippen molar-refractivity contribution in [1.29, 1.82) is 0 Å². The molecule has 3 heteroatoms. The van der Waals surface area contributed by atoms with Crippen LogP contribution in [0.3, 0.4) is 0 Å². The second-order valence-electron chi connectivity index (χ2n) is 5.94. The van der Waals surface area contributed by atoms with Crippen LogP contribution in [0.5, 0.6) is 5.75 Å². The Labute approximate surface area is 121 Å². The minimum Gasteiger partial charge on any atom is -0.489 e. The van der Waals surface area contributed by atoms with Gasteiger partial charge >= 0.3 is 5.97 Å². The van der Waals surface area contributed by atoms with Gasteiger partial charge in [0.1, 0.15) is 12.4 Å². The SMILES string of the molecule is COC(=O)C(C)=CCOc1cc(C)ccc1C(C)(C)C. The summed E-state index contributed by atoms with van der Waals surface area (Å²) in [7, 11) is 1.37. The van der Waals surface area contributed by atoms with Gasteiger partial charge in [-0.05, 0) is 42.5 Å². The molecule has 3 nitrogen and oxygen atoms in total. The van der Waals surface area contributed by atoms with Gasteiger partial charge < -0.3 is 9.47 Å². The number of benzene rings is 1. The Kier molecular flexibility index (Phi) is 5.37. The van der Waals surface area contributed by atoms with E-state index in [4.69, 9.17) is 4.74 Å². The average Bonchev–Trinajstić information content (AvgIpc) is 2.36. The van der Waals surface area contributed by atoms with Crippen LogP contribution < -0.4 is 4.74 Å². The number of carbonyl (C=O) groups is 1. The topological polar surface area (TPSA) is 35.5 Å². The molecule has 0 bridgehead atoms. The summed E-state index contributed by atoms with van der Waals surface area (Å²) in [6.07, 6.45) is 1.74. The Morgan fingerprint density at radius 1 is 1.30 bits per heavy atom. The number of aryl methyl sites for hydroxylation is 1. The smallest absolute Gasteiger partial charge is 0.333 e. The quantitative estimate of drug-likeness (QED) is 0.620. The van der Waals surface area contributed by atoms with Gasteiger partial charge in [-0.15, -0.1) is 0 Å². The first-order valence-electron chi connectivity index (χ1n) is 6.74. The summed E-state index contributed by atoms with van der Waals surface area (Å²) in [5.74, 6) is 0.542. The number of hydrogen-bond acceptors (Lipinski definition) is 3. The normalized spacial score (nSPS) is 12.2. The lowest BCUT2D eigenvalue weighted by atomic mass is 9.86. The van der Waals surface area contributed by atoms with E-state index in [0.717, 1.165) is 16.9 Å². The summed E-state index contributed by atoms with van der Waals surface area (Å²) < 4.78 is 10.5. The van der Waals surface area contributed by atoms with Crippen LogP contribution in [0.4, 0.5) is 0 Å². The molecule has 0 aromatic heterocycles. The summed E-state index contributed by atoms with van der Waals surface area (Å²) >= 11 is 0. The van der Waals surface area contributed by atoms with Crippen LogP contribution in [0, 0.1) is 6.92 Å². The first-order valence-corrected chi connectivity index (χ1v) is 6.74. The lowest BCUT2D eigenvalue weighted by Gasteiger charge is -2.23. The first-order chi connectivity index (χ1) is 9.25. The Hall–Kier alpha value is -1.77. The summed E-state index contributed by atoms with van der Waals surface area (Å²) in [5.41, 5.74) is 2.88. The van der Waals surface area contributed by atoms with Crippen LogP contribution in [0.2, 0.25) is 0 Å². The van der Waals surface area contributed by atoms with Gasteiger partial charge in [-0.2, -0.15) is 0 Å².